The highest BCUT2D eigenvalue weighted by atomic mass is 35.5. The van der Waals surface area contributed by atoms with Crippen LogP contribution in [0.15, 0.2) is 46.3 Å². The Labute approximate surface area is 247 Å². The second-order valence-electron chi connectivity index (χ2n) is 9.18. The van der Waals surface area contributed by atoms with Gasteiger partial charge in [0.1, 0.15) is 10.7 Å². The number of aliphatic imine (C=N–C) groups is 1. The van der Waals surface area contributed by atoms with E-state index in [0.717, 1.165) is 36.5 Å². The molecule has 2 aromatic rings. The van der Waals surface area contributed by atoms with Gasteiger partial charge in [-0.2, -0.15) is 13.2 Å². The molecule has 41 heavy (non-hydrogen) atoms. The molecule has 0 atom stereocenters. The van der Waals surface area contributed by atoms with Crippen molar-refractivity contribution < 1.29 is 36.3 Å². The van der Waals surface area contributed by atoms with Gasteiger partial charge in [-0.3, -0.25) is 9.79 Å². The van der Waals surface area contributed by atoms with E-state index in [1.165, 1.54) is 23.5 Å². The first-order valence-corrected chi connectivity index (χ1v) is 14.6. The lowest BCUT2D eigenvalue weighted by atomic mass is 10.1. The Balaban J connectivity index is 0.000000745. The highest BCUT2D eigenvalue weighted by molar-refractivity contribution is 7.89. The van der Waals surface area contributed by atoms with Crippen LogP contribution in [0.3, 0.4) is 0 Å². The topological polar surface area (TPSA) is 119 Å². The summed E-state index contributed by atoms with van der Waals surface area (Å²) in [6, 6.07) is 11.1. The molecule has 2 aromatic carbocycles. The van der Waals surface area contributed by atoms with E-state index in [-0.39, 0.29) is 28.8 Å². The van der Waals surface area contributed by atoms with Gasteiger partial charge >= 0.3 is 12.1 Å². The van der Waals surface area contributed by atoms with Gasteiger partial charge < -0.3 is 15.3 Å². The fraction of sp³-hybridized carbons (Fsp3) is 0.423. The van der Waals surface area contributed by atoms with Crippen LogP contribution in [0.5, 0.6) is 0 Å². The summed E-state index contributed by atoms with van der Waals surface area (Å²) in [5.74, 6) is -1.85. The maximum atomic E-state index is 12.9. The third kappa shape index (κ3) is 10.2. The Kier molecular flexibility index (Phi) is 12.4. The van der Waals surface area contributed by atoms with Gasteiger partial charge in [-0.25, -0.2) is 17.5 Å². The van der Waals surface area contributed by atoms with Crippen LogP contribution >= 0.6 is 23.2 Å². The molecule has 9 nitrogen and oxygen atoms in total. The lowest BCUT2D eigenvalue weighted by Gasteiger charge is -2.20. The highest BCUT2D eigenvalue weighted by Gasteiger charge is 2.38. The molecular weight excluding hydrogens is 608 g/mol. The molecule has 0 saturated carbocycles. The monoisotopic (exact) mass is 638 g/mol. The fourth-order valence-corrected chi connectivity index (χ4v) is 5.61. The molecule has 226 valence electrons. The van der Waals surface area contributed by atoms with Crippen molar-refractivity contribution in [1.29, 1.82) is 0 Å². The lowest BCUT2D eigenvalue weighted by molar-refractivity contribution is -0.192. The Morgan fingerprint density at radius 3 is 2.22 bits per heavy atom. The zero-order valence-electron chi connectivity index (χ0n) is 22.6. The molecule has 0 radical (unpaired) electrons. The minimum atomic E-state index is -5.08. The van der Waals surface area contributed by atoms with Crippen LogP contribution < -0.4 is 5.32 Å². The number of aryl methyl sites for hydroxylation is 1. The van der Waals surface area contributed by atoms with Gasteiger partial charge in [0.2, 0.25) is 15.9 Å². The van der Waals surface area contributed by atoms with Crippen LogP contribution in [0.1, 0.15) is 29.5 Å². The molecule has 0 bridgehead atoms. The van der Waals surface area contributed by atoms with Gasteiger partial charge in [0.05, 0.1) is 11.6 Å². The maximum Gasteiger partial charge on any atom is 0.490 e. The van der Waals surface area contributed by atoms with Gasteiger partial charge in [0, 0.05) is 50.7 Å². The summed E-state index contributed by atoms with van der Waals surface area (Å²) in [7, 11) is -0.524. The highest BCUT2D eigenvalue weighted by Crippen LogP contribution is 2.30. The molecule has 2 N–H and O–H groups in total. The number of likely N-dealkylation sites (N-methyl/N-ethyl adjacent to an activating group) is 1. The first-order chi connectivity index (χ1) is 19.0. The minimum Gasteiger partial charge on any atom is -0.475 e. The molecule has 1 heterocycles. The smallest absolute Gasteiger partial charge is 0.475 e. The predicted octanol–water partition coefficient (Wildman–Crippen LogP) is 4.39. The zero-order valence-corrected chi connectivity index (χ0v) is 25.0. The Bertz CT molecular complexity index is 1370. The van der Waals surface area contributed by atoms with E-state index in [2.05, 4.69) is 22.4 Å². The Morgan fingerprint density at radius 2 is 1.68 bits per heavy atom. The lowest BCUT2D eigenvalue weighted by Crippen LogP contribution is -2.31. The van der Waals surface area contributed by atoms with E-state index >= 15 is 0 Å². The number of nitrogens with zero attached hydrogens (tertiary/aromatic N) is 3. The second-order valence-corrected chi connectivity index (χ2v) is 12.0. The van der Waals surface area contributed by atoms with Crippen LogP contribution in [0.25, 0.3) is 0 Å². The van der Waals surface area contributed by atoms with Crippen LogP contribution in [0.4, 0.5) is 13.2 Å². The fourth-order valence-electron chi connectivity index (χ4n) is 3.60. The van der Waals surface area contributed by atoms with E-state index < -0.39 is 22.2 Å². The number of carboxylic acids is 1. The van der Waals surface area contributed by atoms with Crippen molar-refractivity contribution in [1.82, 2.24) is 14.5 Å². The molecule has 0 aromatic heterocycles. The van der Waals surface area contributed by atoms with E-state index in [0.29, 0.717) is 23.6 Å². The van der Waals surface area contributed by atoms with E-state index in [4.69, 9.17) is 33.1 Å². The van der Waals surface area contributed by atoms with Crippen molar-refractivity contribution in [3.05, 3.63) is 63.1 Å². The summed E-state index contributed by atoms with van der Waals surface area (Å²) in [5.41, 5.74) is 2.84. The number of hydrogen-bond donors (Lipinski definition) is 2. The van der Waals surface area contributed by atoms with Crippen molar-refractivity contribution in [3.63, 3.8) is 0 Å². The number of alkyl halides is 3. The number of benzene rings is 2. The maximum absolute atomic E-state index is 12.9. The molecule has 3 rings (SSSR count). The zero-order chi connectivity index (χ0) is 31.0. The number of amides is 1. The summed E-state index contributed by atoms with van der Waals surface area (Å²) in [5, 5.41) is 10.9. The molecular formula is C26H31Cl2F3N4O5S. The Morgan fingerprint density at radius 1 is 1.07 bits per heavy atom. The molecule has 0 aliphatic carbocycles. The number of amidine groups is 1. The van der Waals surface area contributed by atoms with E-state index in [1.54, 1.807) is 18.9 Å². The van der Waals surface area contributed by atoms with Crippen LogP contribution in [0.2, 0.25) is 10.0 Å². The summed E-state index contributed by atoms with van der Waals surface area (Å²) < 4.78 is 58.7. The number of rotatable bonds is 10. The quantitative estimate of drug-likeness (QED) is 0.398. The van der Waals surface area contributed by atoms with Crippen molar-refractivity contribution in [3.8, 4) is 0 Å². The molecule has 1 aliphatic rings. The van der Waals surface area contributed by atoms with Crippen LogP contribution in [-0.4, -0.2) is 86.9 Å². The average molecular weight is 640 g/mol. The van der Waals surface area contributed by atoms with Gasteiger partial charge in [-0.05, 0) is 43.0 Å². The van der Waals surface area contributed by atoms with Crippen LogP contribution in [-0.2, 0) is 26.0 Å². The summed E-state index contributed by atoms with van der Waals surface area (Å²) in [4.78, 5) is 27.5. The molecule has 0 saturated heterocycles. The first-order valence-electron chi connectivity index (χ1n) is 12.4. The average Bonchev–Trinajstić information content (AvgIpc) is 3.44. The number of aliphatic carboxylic acids is 1. The minimum absolute atomic E-state index is 0.0174. The molecule has 1 amide bonds. The SMILES string of the molecule is Cc1cc(S(=O)(=O)N(C)CCCC(=O)N(C)CCc2ccc(C3=NCCN3)cc2)c(Cl)cc1Cl.O=C(O)C(F)(F)F. The van der Waals surface area contributed by atoms with Crippen LogP contribution in [0, 0.1) is 6.92 Å². The third-order valence-electron chi connectivity index (χ3n) is 6.07. The predicted molar refractivity (Wildman–Crippen MR) is 151 cm³/mol. The van der Waals surface area contributed by atoms with Gasteiger partial charge in [-0.15, -0.1) is 0 Å². The molecule has 0 spiro atoms. The van der Waals surface area contributed by atoms with E-state index in [9.17, 15) is 26.4 Å². The standard InChI is InChI=1S/C24H30Cl2N4O3S.C2HF3O2/c1-17-15-22(21(26)16-20(17)25)34(32,33)30(3)13-4-5-23(31)29(2)14-10-18-6-8-19(9-7-18)24-27-11-12-28-24;3-2(4,5)1(6)7/h6-9,15-16H,4-5,10-14H2,1-3H3,(H,27,28);(H,6,7). The number of sulfonamides is 1. The largest absolute Gasteiger partial charge is 0.490 e. The van der Waals surface area contributed by atoms with E-state index in [1.807, 2.05) is 12.1 Å². The second kappa shape index (κ2) is 14.9. The third-order valence-corrected chi connectivity index (χ3v) is 8.80. The summed E-state index contributed by atoms with van der Waals surface area (Å²) in [6.45, 7) is 4.20. The molecule has 0 fully saturated rings. The van der Waals surface area contributed by atoms with Crippen molar-refractivity contribution in [2.45, 2.75) is 37.3 Å². The first kappa shape index (κ1) is 34.3. The number of carbonyl (C=O) groups excluding carboxylic acids is 1. The van der Waals surface area contributed by atoms with Gasteiger partial charge in [-0.1, -0.05) is 47.5 Å². The molecule has 1 aliphatic heterocycles. The number of carboxylic acid groups (broad SMARTS) is 1. The number of hydrogen-bond acceptors (Lipinski definition) is 6. The summed E-state index contributed by atoms with van der Waals surface area (Å²) in [6.07, 6.45) is -3.67. The number of nitrogens with one attached hydrogen (secondary N) is 1. The number of carbonyl (C=O) groups is 2. The van der Waals surface area contributed by atoms with Crippen molar-refractivity contribution in [2.24, 2.45) is 4.99 Å². The molecule has 0 unspecified atom stereocenters. The molecule has 15 heteroatoms. The van der Waals surface area contributed by atoms with Gasteiger partial charge in [0.15, 0.2) is 0 Å². The van der Waals surface area contributed by atoms with Crippen molar-refractivity contribution in [2.75, 3.05) is 40.3 Å². The van der Waals surface area contributed by atoms with Crippen molar-refractivity contribution >= 4 is 50.9 Å². The summed E-state index contributed by atoms with van der Waals surface area (Å²) >= 11 is 12.1. The Hall–Kier alpha value is -2.87. The normalized spacial score (nSPS) is 13.2. The van der Waals surface area contributed by atoms with Gasteiger partial charge in [0.25, 0.3) is 0 Å². The number of halogens is 5.